The van der Waals surface area contributed by atoms with Gasteiger partial charge in [-0.25, -0.2) is 9.18 Å². The minimum atomic E-state index is -0.779. The van der Waals surface area contributed by atoms with Gasteiger partial charge in [-0.2, -0.15) is 0 Å². The Kier molecular flexibility index (Phi) is 11.1. The molecule has 8 nitrogen and oxygen atoms in total. The molecule has 1 aliphatic carbocycles. The highest BCUT2D eigenvalue weighted by atomic mass is 19.1. The molecule has 1 aromatic carbocycles. The van der Waals surface area contributed by atoms with Crippen molar-refractivity contribution in [2.75, 3.05) is 26.2 Å². The Bertz CT molecular complexity index is 1080. The number of likely N-dealkylation sites (tertiary alicyclic amines) is 1. The van der Waals surface area contributed by atoms with Gasteiger partial charge >= 0.3 is 6.03 Å². The van der Waals surface area contributed by atoms with Crippen LogP contribution in [0.1, 0.15) is 92.1 Å². The van der Waals surface area contributed by atoms with Gasteiger partial charge in [-0.3, -0.25) is 9.59 Å². The Morgan fingerprint density at radius 2 is 1.49 bits per heavy atom. The van der Waals surface area contributed by atoms with E-state index in [0.29, 0.717) is 44.9 Å². The van der Waals surface area contributed by atoms with Crippen LogP contribution in [-0.4, -0.2) is 88.9 Å². The molecule has 2 saturated heterocycles. The highest BCUT2D eigenvalue weighted by Gasteiger charge is 2.50. The van der Waals surface area contributed by atoms with Crippen molar-refractivity contribution >= 4 is 17.8 Å². The lowest BCUT2D eigenvalue weighted by atomic mass is 9.62. The number of piperazine rings is 1. The Labute approximate surface area is 258 Å². The lowest BCUT2D eigenvalue weighted by Gasteiger charge is -2.50. The van der Waals surface area contributed by atoms with Gasteiger partial charge in [-0.05, 0) is 90.8 Å². The summed E-state index contributed by atoms with van der Waals surface area (Å²) >= 11 is 0. The number of carbonyl (C=O) groups is 3. The molecule has 0 radical (unpaired) electrons. The summed E-state index contributed by atoms with van der Waals surface area (Å²) in [6, 6.07) is 5.62. The van der Waals surface area contributed by atoms with Gasteiger partial charge in [0.25, 0.3) is 0 Å². The van der Waals surface area contributed by atoms with Crippen molar-refractivity contribution < 1.29 is 18.8 Å². The van der Waals surface area contributed by atoms with Crippen LogP contribution in [0.25, 0.3) is 0 Å². The lowest BCUT2D eigenvalue weighted by Crippen LogP contribution is -2.62. The maximum Gasteiger partial charge on any atom is 0.318 e. The second-order valence-electron chi connectivity index (χ2n) is 13.9. The predicted octanol–water partition coefficient (Wildman–Crippen LogP) is 4.96. The number of hydrogen-bond donors (Lipinski definition) is 2. The highest BCUT2D eigenvalue weighted by molar-refractivity contribution is 5.88. The molecule has 240 valence electrons. The van der Waals surface area contributed by atoms with Crippen LogP contribution in [0.3, 0.4) is 0 Å². The van der Waals surface area contributed by atoms with E-state index in [1.54, 1.807) is 17.0 Å². The van der Waals surface area contributed by atoms with Crippen molar-refractivity contribution in [2.45, 2.75) is 123 Å². The molecular weight excluding hydrogens is 545 g/mol. The van der Waals surface area contributed by atoms with Crippen molar-refractivity contribution in [2.24, 2.45) is 11.3 Å². The van der Waals surface area contributed by atoms with Crippen LogP contribution in [0, 0.1) is 17.2 Å². The van der Waals surface area contributed by atoms with Gasteiger partial charge in [0.05, 0.1) is 5.41 Å². The third kappa shape index (κ3) is 7.89. The fraction of sp³-hybridized carbons (Fsp3) is 0.735. The topological polar surface area (TPSA) is 85.0 Å². The summed E-state index contributed by atoms with van der Waals surface area (Å²) in [6.45, 7) is 14.6. The number of piperidine rings is 1. The van der Waals surface area contributed by atoms with E-state index in [0.717, 1.165) is 31.2 Å². The summed E-state index contributed by atoms with van der Waals surface area (Å²) in [5, 5.41) is 6.48. The van der Waals surface area contributed by atoms with Gasteiger partial charge in [0.1, 0.15) is 11.9 Å². The number of carbonyl (C=O) groups excluding carboxylic acids is 3. The standard InChI is InChI=1S/C34H54FN5O3/c1-23(2)40(24(3)4)32(42)34(28-10-8-7-9-11-28)16-18-38(19-17-34)31(41)30(20-27-12-14-29(35)15-13-27)37-33(43)39-21-25(5)36-26(6)22-39/h12-15,23-26,28,30,36H,7-11,16-22H2,1-6H3,(H,37,43)/t25-,26-,30-/m1/s1. The number of urea groups is 1. The number of nitrogens with zero attached hydrogens (tertiary/aromatic N) is 3. The molecule has 3 atom stereocenters. The van der Waals surface area contributed by atoms with E-state index in [4.69, 9.17) is 0 Å². The van der Waals surface area contributed by atoms with E-state index in [1.807, 2.05) is 18.7 Å². The summed E-state index contributed by atoms with van der Waals surface area (Å²) in [5.74, 6) is 0.103. The van der Waals surface area contributed by atoms with Crippen molar-refractivity contribution in [3.05, 3.63) is 35.6 Å². The third-order valence-corrected chi connectivity index (χ3v) is 9.92. The number of benzene rings is 1. The van der Waals surface area contributed by atoms with Crippen LogP contribution in [0.2, 0.25) is 0 Å². The van der Waals surface area contributed by atoms with Crippen molar-refractivity contribution in [1.82, 2.24) is 25.3 Å². The summed E-state index contributed by atoms with van der Waals surface area (Å²) in [4.78, 5) is 47.6. The summed E-state index contributed by atoms with van der Waals surface area (Å²) in [7, 11) is 0. The van der Waals surface area contributed by atoms with Crippen LogP contribution >= 0.6 is 0 Å². The fourth-order valence-electron chi connectivity index (χ4n) is 7.91. The average molecular weight is 600 g/mol. The second kappa shape index (κ2) is 14.4. The highest BCUT2D eigenvalue weighted by Crippen LogP contribution is 2.47. The molecule has 43 heavy (non-hydrogen) atoms. The molecule has 4 amide bonds. The van der Waals surface area contributed by atoms with Crippen LogP contribution in [-0.2, 0) is 16.0 Å². The molecule has 1 saturated carbocycles. The predicted molar refractivity (Wildman–Crippen MR) is 168 cm³/mol. The summed E-state index contributed by atoms with van der Waals surface area (Å²) in [5.41, 5.74) is 0.324. The lowest BCUT2D eigenvalue weighted by molar-refractivity contribution is -0.157. The van der Waals surface area contributed by atoms with E-state index in [9.17, 15) is 18.8 Å². The molecule has 3 aliphatic rings. The number of rotatable bonds is 8. The number of amides is 4. The zero-order valence-electron chi connectivity index (χ0n) is 27.2. The Balaban J connectivity index is 1.54. The second-order valence-corrected chi connectivity index (χ2v) is 13.9. The van der Waals surface area contributed by atoms with Gasteiger partial charge in [-0.1, -0.05) is 31.4 Å². The average Bonchev–Trinajstić information content (AvgIpc) is 2.97. The van der Waals surface area contributed by atoms with Crippen LogP contribution < -0.4 is 10.6 Å². The smallest absolute Gasteiger partial charge is 0.318 e. The minimum Gasteiger partial charge on any atom is -0.341 e. The summed E-state index contributed by atoms with van der Waals surface area (Å²) < 4.78 is 13.7. The minimum absolute atomic E-state index is 0.110. The first-order valence-corrected chi connectivity index (χ1v) is 16.6. The molecule has 2 N–H and O–H groups in total. The molecule has 2 aliphatic heterocycles. The van der Waals surface area contributed by atoms with E-state index in [2.05, 4.69) is 43.2 Å². The molecule has 0 spiro atoms. The largest absolute Gasteiger partial charge is 0.341 e. The number of nitrogens with one attached hydrogen (secondary N) is 2. The summed E-state index contributed by atoms with van der Waals surface area (Å²) in [6.07, 6.45) is 7.22. The van der Waals surface area contributed by atoms with Crippen molar-refractivity contribution in [3.63, 3.8) is 0 Å². The van der Waals surface area contributed by atoms with Crippen molar-refractivity contribution in [1.29, 1.82) is 0 Å². The Morgan fingerprint density at radius 3 is 2.02 bits per heavy atom. The fourth-order valence-corrected chi connectivity index (χ4v) is 7.91. The SMILES string of the molecule is CC(C)N(C(=O)C1(C2CCCCC2)CCN(C(=O)[C@@H](Cc2ccc(F)cc2)NC(=O)N2C[C@@H](C)N[C@H](C)C2)CC1)C(C)C. The quantitative estimate of drug-likeness (QED) is 0.442. The zero-order chi connectivity index (χ0) is 31.3. The van der Waals surface area contributed by atoms with E-state index >= 15 is 0 Å². The van der Waals surface area contributed by atoms with Gasteiger partial charge in [0.15, 0.2) is 0 Å². The van der Waals surface area contributed by atoms with Crippen LogP contribution in [0.4, 0.5) is 9.18 Å². The van der Waals surface area contributed by atoms with Crippen LogP contribution in [0.5, 0.6) is 0 Å². The molecule has 3 fully saturated rings. The van der Waals surface area contributed by atoms with E-state index < -0.39 is 11.5 Å². The van der Waals surface area contributed by atoms with Gasteiger partial charge in [0.2, 0.25) is 11.8 Å². The molecule has 2 heterocycles. The first-order chi connectivity index (χ1) is 20.4. The number of halogens is 1. The first kappa shape index (κ1) is 33.2. The Morgan fingerprint density at radius 1 is 0.930 bits per heavy atom. The van der Waals surface area contributed by atoms with Gasteiger partial charge in [0, 0.05) is 56.8 Å². The molecule has 1 aromatic rings. The molecule has 0 bridgehead atoms. The normalized spacial score (nSPS) is 23.7. The number of hydrogen-bond acceptors (Lipinski definition) is 4. The maximum absolute atomic E-state index is 14.4. The van der Waals surface area contributed by atoms with Crippen molar-refractivity contribution in [3.8, 4) is 0 Å². The molecule has 0 aromatic heterocycles. The first-order valence-electron chi connectivity index (χ1n) is 16.6. The van der Waals surface area contributed by atoms with Gasteiger partial charge in [-0.15, -0.1) is 0 Å². The molecule has 9 heteroatoms. The molecular formula is C34H54FN5O3. The monoisotopic (exact) mass is 599 g/mol. The maximum atomic E-state index is 14.4. The molecule has 4 rings (SSSR count). The third-order valence-electron chi connectivity index (χ3n) is 9.92. The van der Waals surface area contributed by atoms with Gasteiger partial charge < -0.3 is 25.3 Å². The van der Waals surface area contributed by atoms with Crippen LogP contribution in [0.15, 0.2) is 24.3 Å². The Hall–Kier alpha value is -2.68. The van der Waals surface area contributed by atoms with E-state index in [1.165, 1.54) is 18.6 Å². The molecule has 0 unspecified atom stereocenters. The van der Waals surface area contributed by atoms with E-state index in [-0.39, 0.29) is 54.3 Å². The zero-order valence-corrected chi connectivity index (χ0v) is 27.2.